The summed E-state index contributed by atoms with van der Waals surface area (Å²) in [6.45, 7) is 0. The summed E-state index contributed by atoms with van der Waals surface area (Å²) in [5.41, 5.74) is 0. The fourth-order valence-corrected chi connectivity index (χ4v) is 2.28. The summed E-state index contributed by atoms with van der Waals surface area (Å²) >= 11 is 23.5. The Hall–Kier alpha value is -1.00. The molecule has 0 spiro atoms. The SMILES string of the molecule is Oc1c(Cl)c(Cl)cc2c1Oc1cc(Cl)c(Cl)cc1O2. The van der Waals surface area contributed by atoms with E-state index in [0.717, 1.165) is 0 Å². The quantitative estimate of drug-likeness (QED) is 0.554. The highest BCUT2D eigenvalue weighted by Crippen LogP contribution is 2.54. The molecule has 0 unspecified atom stereocenters. The first kappa shape index (κ1) is 13.0. The number of phenolic OH excluding ortho intramolecular Hbond substituents is 1. The number of hydrogen-bond acceptors (Lipinski definition) is 3. The molecule has 1 aliphatic rings. The standard InChI is InChI=1S/C12H4Cl4O3/c13-4-1-7-8(2-5(4)14)19-12-9(18-7)3-6(15)10(16)11(12)17/h1-3,17H. The first-order chi connectivity index (χ1) is 8.97. The van der Waals surface area contributed by atoms with Gasteiger partial charge in [-0.1, -0.05) is 46.4 Å². The van der Waals surface area contributed by atoms with Gasteiger partial charge in [-0.05, 0) is 0 Å². The van der Waals surface area contributed by atoms with Gasteiger partial charge in [-0.3, -0.25) is 0 Å². The van der Waals surface area contributed by atoms with Crippen molar-refractivity contribution in [1.82, 2.24) is 0 Å². The molecular formula is C12H4Cl4O3. The van der Waals surface area contributed by atoms with E-state index in [4.69, 9.17) is 55.9 Å². The molecule has 0 aromatic heterocycles. The first-order valence-electron chi connectivity index (χ1n) is 5.03. The van der Waals surface area contributed by atoms with Crippen LogP contribution >= 0.6 is 46.4 Å². The van der Waals surface area contributed by atoms with Crippen molar-refractivity contribution in [3.05, 3.63) is 38.3 Å². The van der Waals surface area contributed by atoms with Gasteiger partial charge in [0.2, 0.25) is 5.75 Å². The minimum atomic E-state index is -0.291. The summed E-state index contributed by atoms with van der Waals surface area (Å²) in [5, 5.41) is 10.7. The normalized spacial score (nSPS) is 12.2. The lowest BCUT2D eigenvalue weighted by atomic mass is 10.2. The van der Waals surface area contributed by atoms with Crippen LogP contribution < -0.4 is 9.47 Å². The fraction of sp³-hybridized carbons (Fsp3) is 0. The number of fused-ring (bicyclic) bond motifs is 2. The second-order valence-corrected chi connectivity index (χ2v) is 5.36. The molecule has 1 heterocycles. The summed E-state index contributed by atoms with van der Waals surface area (Å²) < 4.78 is 11.1. The fourth-order valence-electron chi connectivity index (χ4n) is 1.65. The molecule has 0 aliphatic carbocycles. The molecule has 0 radical (unpaired) electrons. The molecule has 0 bridgehead atoms. The highest BCUT2D eigenvalue weighted by Gasteiger charge is 2.26. The van der Waals surface area contributed by atoms with Crippen LogP contribution in [-0.4, -0.2) is 5.11 Å². The number of aromatic hydroxyl groups is 1. The van der Waals surface area contributed by atoms with Crippen molar-refractivity contribution in [1.29, 1.82) is 0 Å². The number of rotatable bonds is 0. The van der Waals surface area contributed by atoms with E-state index in [-0.39, 0.29) is 27.3 Å². The highest BCUT2D eigenvalue weighted by molar-refractivity contribution is 6.43. The van der Waals surface area contributed by atoms with Crippen LogP contribution in [0.15, 0.2) is 18.2 Å². The monoisotopic (exact) mass is 336 g/mol. The van der Waals surface area contributed by atoms with E-state index in [1.165, 1.54) is 18.2 Å². The van der Waals surface area contributed by atoms with Crippen molar-refractivity contribution in [3.8, 4) is 28.7 Å². The van der Waals surface area contributed by atoms with E-state index in [1.54, 1.807) is 0 Å². The van der Waals surface area contributed by atoms with Gasteiger partial charge in [-0.25, -0.2) is 0 Å². The lowest BCUT2D eigenvalue weighted by Gasteiger charge is -2.22. The van der Waals surface area contributed by atoms with Gasteiger partial charge in [0.25, 0.3) is 0 Å². The Bertz CT molecular complexity index is 700. The third-order valence-electron chi connectivity index (χ3n) is 2.53. The highest BCUT2D eigenvalue weighted by atomic mass is 35.5. The Labute approximate surface area is 128 Å². The van der Waals surface area contributed by atoms with Crippen LogP contribution in [0.25, 0.3) is 0 Å². The average molecular weight is 338 g/mol. The number of hydrogen-bond donors (Lipinski definition) is 1. The molecule has 0 saturated heterocycles. The Morgan fingerprint density at radius 2 is 1.26 bits per heavy atom. The molecule has 2 aromatic rings. The lowest BCUT2D eigenvalue weighted by molar-refractivity contribution is 0.338. The average Bonchev–Trinajstić information content (AvgIpc) is 2.37. The van der Waals surface area contributed by atoms with E-state index < -0.39 is 0 Å². The largest absolute Gasteiger partial charge is 0.503 e. The molecule has 3 nitrogen and oxygen atoms in total. The molecule has 1 N–H and O–H groups in total. The van der Waals surface area contributed by atoms with Crippen LogP contribution in [0, 0.1) is 0 Å². The molecule has 19 heavy (non-hydrogen) atoms. The van der Waals surface area contributed by atoms with Crippen molar-refractivity contribution in [3.63, 3.8) is 0 Å². The Morgan fingerprint density at radius 1 is 0.737 bits per heavy atom. The molecule has 0 amide bonds. The number of benzene rings is 2. The topological polar surface area (TPSA) is 38.7 Å². The molecule has 0 fully saturated rings. The number of ether oxygens (including phenoxy) is 2. The Balaban J connectivity index is 2.17. The first-order valence-corrected chi connectivity index (χ1v) is 6.54. The predicted molar refractivity (Wildman–Crippen MR) is 74.7 cm³/mol. The molecule has 7 heteroatoms. The second kappa shape index (κ2) is 4.53. The van der Waals surface area contributed by atoms with Crippen LogP contribution in [0.1, 0.15) is 0 Å². The summed E-state index contributed by atoms with van der Waals surface area (Å²) in [6, 6.07) is 4.45. The van der Waals surface area contributed by atoms with Gasteiger partial charge in [0.15, 0.2) is 23.0 Å². The van der Waals surface area contributed by atoms with E-state index in [1.807, 2.05) is 0 Å². The third-order valence-corrected chi connectivity index (χ3v) is 4.03. The van der Waals surface area contributed by atoms with Gasteiger partial charge < -0.3 is 14.6 Å². The van der Waals surface area contributed by atoms with Gasteiger partial charge in [0.05, 0.1) is 15.1 Å². The minimum absolute atomic E-state index is 0.00692. The Kier molecular flexibility index (Phi) is 3.10. The molecule has 98 valence electrons. The maximum Gasteiger partial charge on any atom is 0.213 e. The lowest BCUT2D eigenvalue weighted by Crippen LogP contribution is -1.99. The third kappa shape index (κ3) is 2.07. The number of phenols is 1. The molecule has 1 aliphatic heterocycles. The van der Waals surface area contributed by atoms with Crippen molar-refractivity contribution < 1.29 is 14.6 Å². The summed E-state index contributed by atoms with van der Waals surface area (Å²) in [5.74, 6) is 0.745. The zero-order valence-electron chi connectivity index (χ0n) is 9.01. The summed E-state index contributed by atoms with van der Waals surface area (Å²) in [4.78, 5) is 0. The van der Waals surface area contributed by atoms with Crippen LogP contribution in [0.5, 0.6) is 28.7 Å². The zero-order valence-corrected chi connectivity index (χ0v) is 12.0. The van der Waals surface area contributed by atoms with Gasteiger partial charge in [-0.15, -0.1) is 0 Å². The summed E-state index contributed by atoms with van der Waals surface area (Å²) in [6.07, 6.45) is 0. The zero-order chi connectivity index (χ0) is 13.7. The second-order valence-electron chi connectivity index (χ2n) is 3.77. The number of halogens is 4. The maximum absolute atomic E-state index is 9.89. The molecule has 0 atom stereocenters. The van der Waals surface area contributed by atoms with Gasteiger partial charge >= 0.3 is 0 Å². The summed E-state index contributed by atoms with van der Waals surface area (Å²) in [7, 11) is 0. The maximum atomic E-state index is 9.89. The minimum Gasteiger partial charge on any atom is -0.503 e. The predicted octanol–water partition coefficient (Wildman–Crippen LogP) is 5.90. The van der Waals surface area contributed by atoms with Crippen LogP contribution in [0.2, 0.25) is 20.1 Å². The van der Waals surface area contributed by atoms with E-state index in [0.29, 0.717) is 21.5 Å². The van der Waals surface area contributed by atoms with Crippen molar-refractivity contribution in [2.45, 2.75) is 0 Å². The van der Waals surface area contributed by atoms with Crippen LogP contribution in [-0.2, 0) is 0 Å². The Morgan fingerprint density at radius 3 is 1.89 bits per heavy atom. The van der Waals surface area contributed by atoms with E-state index in [9.17, 15) is 5.11 Å². The van der Waals surface area contributed by atoms with Gasteiger partial charge in [-0.2, -0.15) is 0 Å². The molecular weight excluding hydrogens is 334 g/mol. The molecule has 3 rings (SSSR count). The van der Waals surface area contributed by atoms with Gasteiger partial charge in [0.1, 0.15) is 5.02 Å². The van der Waals surface area contributed by atoms with Crippen molar-refractivity contribution in [2.75, 3.05) is 0 Å². The van der Waals surface area contributed by atoms with E-state index >= 15 is 0 Å². The van der Waals surface area contributed by atoms with E-state index in [2.05, 4.69) is 0 Å². The van der Waals surface area contributed by atoms with Crippen LogP contribution in [0.4, 0.5) is 0 Å². The van der Waals surface area contributed by atoms with Gasteiger partial charge in [0, 0.05) is 18.2 Å². The van der Waals surface area contributed by atoms with Crippen molar-refractivity contribution in [2.24, 2.45) is 0 Å². The molecule has 2 aromatic carbocycles. The smallest absolute Gasteiger partial charge is 0.213 e. The molecule has 0 saturated carbocycles. The van der Waals surface area contributed by atoms with Crippen LogP contribution in [0.3, 0.4) is 0 Å². The van der Waals surface area contributed by atoms with Crippen molar-refractivity contribution >= 4 is 46.4 Å².